The predicted molar refractivity (Wildman–Crippen MR) is 57.1 cm³/mol. The zero-order valence-electron chi connectivity index (χ0n) is 9.75. The molecule has 6 heteroatoms. The second kappa shape index (κ2) is 5.25. The maximum atomic E-state index is 13.2. The first-order valence-corrected chi connectivity index (χ1v) is 5.16. The van der Waals surface area contributed by atoms with Gasteiger partial charge in [-0.05, 0) is 20.8 Å². The van der Waals surface area contributed by atoms with Crippen LogP contribution in [0, 0.1) is 0 Å². The Kier molecular flexibility index (Phi) is 4.23. The number of carbonyl (C=O) groups excluding carboxylic acids is 1. The van der Waals surface area contributed by atoms with Gasteiger partial charge in [-0.2, -0.15) is 5.10 Å². The average Bonchev–Trinajstić information content (AvgIpc) is 2.14. The van der Waals surface area contributed by atoms with E-state index in [-0.39, 0.29) is 12.3 Å². The second-order valence-electron chi connectivity index (χ2n) is 4.51. The molecular formula is C10H17FN2O3. The van der Waals surface area contributed by atoms with Crippen LogP contribution in [-0.4, -0.2) is 36.8 Å². The van der Waals surface area contributed by atoms with Crippen molar-refractivity contribution in [3.63, 3.8) is 0 Å². The first-order chi connectivity index (χ1) is 7.38. The van der Waals surface area contributed by atoms with E-state index in [1.54, 1.807) is 20.8 Å². The predicted octanol–water partition coefficient (Wildman–Crippen LogP) is 1.63. The quantitative estimate of drug-likeness (QED) is 0.699. The summed E-state index contributed by atoms with van der Waals surface area (Å²) in [5, 5.41) is 3.69. The third-order valence-electron chi connectivity index (χ3n) is 1.82. The summed E-state index contributed by atoms with van der Waals surface area (Å²) in [6.07, 6.45) is -1.54. The molecule has 0 aromatic heterocycles. The van der Waals surface area contributed by atoms with Gasteiger partial charge in [-0.25, -0.2) is 14.6 Å². The van der Waals surface area contributed by atoms with E-state index in [1.807, 2.05) is 0 Å². The number of nitrogens with zero attached hydrogens (tertiary/aromatic N) is 1. The molecule has 1 aliphatic heterocycles. The molecule has 1 unspecified atom stereocenters. The molecule has 92 valence electrons. The number of hydrazone groups is 1. The molecule has 5 nitrogen and oxygen atoms in total. The number of nitrogens with one attached hydrogen (secondary N) is 1. The lowest BCUT2D eigenvalue weighted by Crippen LogP contribution is -2.34. The fourth-order valence-electron chi connectivity index (χ4n) is 1.16. The standard InChI is InChI=1S/C10H17FN2O3/c1-10(2,3)16-9(14)13-12-8-4-5-15-6-7(8)11/h7H,4-6H2,1-3H3,(H,13,14). The van der Waals surface area contributed by atoms with Crippen molar-refractivity contribution in [3.8, 4) is 0 Å². The van der Waals surface area contributed by atoms with Crippen LogP contribution >= 0.6 is 0 Å². The summed E-state index contributed by atoms with van der Waals surface area (Å²) in [5.74, 6) is 0. The van der Waals surface area contributed by atoms with Gasteiger partial charge in [0, 0.05) is 6.42 Å². The molecule has 0 aromatic rings. The molecule has 1 saturated heterocycles. The second-order valence-corrected chi connectivity index (χ2v) is 4.51. The Hall–Kier alpha value is -1.17. The molecule has 0 aliphatic carbocycles. The molecule has 0 bridgehead atoms. The number of rotatable bonds is 1. The number of carbonyl (C=O) groups is 1. The van der Waals surface area contributed by atoms with Crippen molar-refractivity contribution in [3.05, 3.63) is 0 Å². The molecule has 0 saturated carbocycles. The van der Waals surface area contributed by atoms with Crippen molar-refractivity contribution in [1.29, 1.82) is 0 Å². The van der Waals surface area contributed by atoms with Crippen molar-refractivity contribution in [2.45, 2.75) is 39.0 Å². The van der Waals surface area contributed by atoms with Crippen molar-refractivity contribution < 1.29 is 18.7 Å². The van der Waals surface area contributed by atoms with Crippen molar-refractivity contribution in [1.82, 2.24) is 5.43 Å². The summed E-state index contributed by atoms with van der Waals surface area (Å²) >= 11 is 0. The van der Waals surface area contributed by atoms with Crippen LogP contribution in [0.1, 0.15) is 27.2 Å². The molecule has 1 heterocycles. The van der Waals surface area contributed by atoms with E-state index in [0.717, 1.165) is 0 Å². The van der Waals surface area contributed by atoms with E-state index >= 15 is 0 Å². The van der Waals surface area contributed by atoms with Gasteiger partial charge in [-0.3, -0.25) is 0 Å². The van der Waals surface area contributed by atoms with Crippen molar-refractivity contribution >= 4 is 11.8 Å². The highest BCUT2D eigenvalue weighted by Gasteiger charge is 2.21. The van der Waals surface area contributed by atoms with Crippen LogP contribution in [0.5, 0.6) is 0 Å². The fraction of sp³-hybridized carbons (Fsp3) is 0.800. The first-order valence-electron chi connectivity index (χ1n) is 5.16. The zero-order valence-corrected chi connectivity index (χ0v) is 9.75. The van der Waals surface area contributed by atoms with Crippen LogP contribution in [0.15, 0.2) is 5.10 Å². The van der Waals surface area contributed by atoms with Gasteiger partial charge in [0.05, 0.1) is 18.9 Å². The summed E-state index contributed by atoms with van der Waals surface area (Å²) in [7, 11) is 0. The summed E-state index contributed by atoms with van der Waals surface area (Å²) in [5.41, 5.74) is 1.87. The minimum Gasteiger partial charge on any atom is -0.443 e. The lowest BCUT2D eigenvalue weighted by atomic mass is 10.1. The number of amides is 1. The summed E-state index contributed by atoms with van der Waals surface area (Å²) in [6.45, 7) is 5.65. The average molecular weight is 232 g/mol. The minimum atomic E-state index is -1.25. The Bertz CT molecular complexity index is 286. The Labute approximate surface area is 94.0 Å². The largest absolute Gasteiger partial charge is 0.443 e. The number of alkyl halides is 1. The number of ether oxygens (including phenoxy) is 2. The fourth-order valence-corrected chi connectivity index (χ4v) is 1.16. The van der Waals surface area contributed by atoms with Gasteiger partial charge in [0.2, 0.25) is 0 Å². The monoisotopic (exact) mass is 232 g/mol. The summed E-state index contributed by atoms with van der Waals surface area (Å²) in [4.78, 5) is 11.2. The van der Waals surface area contributed by atoms with E-state index < -0.39 is 17.9 Å². The first kappa shape index (κ1) is 12.9. The SMILES string of the molecule is CC(C)(C)OC(=O)NN=C1CCOCC1F. The van der Waals surface area contributed by atoms with Crippen LogP contribution in [0.3, 0.4) is 0 Å². The molecule has 1 amide bonds. The molecule has 1 aliphatic rings. The Morgan fingerprint density at radius 3 is 2.88 bits per heavy atom. The zero-order chi connectivity index (χ0) is 12.2. The lowest BCUT2D eigenvalue weighted by molar-refractivity contribution is 0.0525. The van der Waals surface area contributed by atoms with E-state index in [2.05, 4.69) is 10.5 Å². The lowest BCUT2D eigenvalue weighted by Gasteiger charge is -2.20. The normalized spacial score (nSPS) is 24.2. The van der Waals surface area contributed by atoms with Crippen LogP contribution in [0.4, 0.5) is 9.18 Å². The third-order valence-corrected chi connectivity index (χ3v) is 1.82. The van der Waals surface area contributed by atoms with Gasteiger partial charge < -0.3 is 9.47 Å². The molecule has 1 rings (SSSR count). The summed E-state index contributed by atoms with van der Waals surface area (Å²) < 4.78 is 23.0. The number of halogens is 1. The molecular weight excluding hydrogens is 215 g/mol. The topological polar surface area (TPSA) is 59.9 Å². The molecule has 0 aromatic carbocycles. The maximum absolute atomic E-state index is 13.2. The Balaban J connectivity index is 2.42. The molecule has 0 radical (unpaired) electrons. The highest BCUT2D eigenvalue weighted by atomic mass is 19.1. The number of hydrogen-bond acceptors (Lipinski definition) is 4. The maximum Gasteiger partial charge on any atom is 0.428 e. The molecule has 1 N–H and O–H groups in total. The van der Waals surface area contributed by atoms with Gasteiger partial charge in [0.25, 0.3) is 0 Å². The highest BCUT2D eigenvalue weighted by Crippen LogP contribution is 2.08. The van der Waals surface area contributed by atoms with E-state index in [0.29, 0.717) is 13.0 Å². The highest BCUT2D eigenvalue weighted by molar-refractivity contribution is 5.90. The molecule has 1 fully saturated rings. The van der Waals surface area contributed by atoms with Gasteiger partial charge in [0.1, 0.15) is 5.60 Å². The Morgan fingerprint density at radius 1 is 1.62 bits per heavy atom. The number of hydrogen-bond donors (Lipinski definition) is 1. The van der Waals surface area contributed by atoms with Crippen LogP contribution in [0.25, 0.3) is 0 Å². The smallest absolute Gasteiger partial charge is 0.428 e. The molecule has 0 spiro atoms. The van der Waals surface area contributed by atoms with Crippen LogP contribution in [-0.2, 0) is 9.47 Å². The van der Waals surface area contributed by atoms with Crippen LogP contribution < -0.4 is 5.43 Å². The van der Waals surface area contributed by atoms with Gasteiger partial charge >= 0.3 is 6.09 Å². The van der Waals surface area contributed by atoms with Gasteiger partial charge in [-0.1, -0.05) is 0 Å². The van der Waals surface area contributed by atoms with Crippen LogP contribution in [0.2, 0.25) is 0 Å². The molecule has 16 heavy (non-hydrogen) atoms. The van der Waals surface area contributed by atoms with Gasteiger partial charge in [-0.15, -0.1) is 0 Å². The third kappa shape index (κ3) is 4.57. The summed E-state index contributed by atoms with van der Waals surface area (Å²) in [6, 6.07) is 0. The van der Waals surface area contributed by atoms with Crippen molar-refractivity contribution in [2.75, 3.05) is 13.2 Å². The Morgan fingerprint density at radius 2 is 2.31 bits per heavy atom. The molecule has 1 atom stereocenters. The van der Waals surface area contributed by atoms with E-state index in [4.69, 9.17) is 9.47 Å². The minimum absolute atomic E-state index is 0.00513. The van der Waals surface area contributed by atoms with Gasteiger partial charge in [0.15, 0.2) is 6.17 Å². The van der Waals surface area contributed by atoms with E-state index in [9.17, 15) is 9.18 Å². The van der Waals surface area contributed by atoms with E-state index in [1.165, 1.54) is 0 Å². The van der Waals surface area contributed by atoms with Crippen molar-refractivity contribution in [2.24, 2.45) is 5.10 Å².